The van der Waals surface area contributed by atoms with E-state index in [1.807, 2.05) is 27.7 Å². The number of nitrogens with zero attached hydrogens (tertiary/aromatic N) is 3. The Bertz CT molecular complexity index is 1300. The lowest BCUT2D eigenvalue weighted by Gasteiger charge is -2.24. The van der Waals surface area contributed by atoms with E-state index in [2.05, 4.69) is 10.3 Å². The van der Waals surface area contributed by atoms with Crippen LogP contribution in [0.5, 0.6) is 0 Å². The molecule has 1 fully saturated rings. The molecule has 10 heteroatoms. The highest BCUT2D eigenvalue weighted by molar-refractivity contribution is 7.90. The van der Waals surface area contributed by atoms with Crippen molar-refractivity contribution in [2.75, 3.05) is 18.4 Å². The molecule has 0 saturated carbocycles. The molecule has 2 aromatic heterocycles. The first-order chi connectivity index (χ1) is 15.5. The van der Waals surface area contributed by atoms with Gasteiger partial charge >= 0.3 is 6.09 Å². The molecule has 0 aliphatic carbocycles. The van der Waals surface area contributed by atoms with Gasteiger partial charge in [0.1, 0.15) is 5.60 Å². The Labute approximate surface area is 198 Å². The van der Waals surface area contributed by atoms with Crippen LogP contribution in [-0.2, 0) is 14.8 Å². The zero-order chi connectivity index (χ0) is 24.0. The molecule has 1 N–H and O–H groups in total. The van der Waals surface area contributed by atoms with Crippen molar-refractivity contribution >= 4 is 44.4 Å². The van der Waals surface area contributed by atoms with E-state index in [4.69, 9.17) is 16.3 Å². The van der Waals surface area contributed by atoms with Gasteiger partial charge in [-0.05, 0) is 52.3 Å². The van der Waals surface area contributed by atoms with Gasteiger partial charge in [-0.3, -0.25) is 0 Å². The number of anilines is 1. The van der Waals surface area contributed by atoms with Crippen LogP contribution in [0.4, 0.5) is 10.5 Å². The van der Waals surface area contributed by atoms with Gasteiger partial charge in [0.15, 0.2) is 5.65 Å². The number of hydrogen-bond donors (Lipinski definition) is 1. The maximum absolute atomic E-state index is 13.2. The summed E-state index contributed by atoms with van der Waals surface area (Å²) in [5, 5.41) is 4.35. The van der Waals surface area contributed by atoms with E-state index in [0.717, 1.165) is 9.54 Å². The standard InChI is InChI=1S/C23H27ClN4O4S/c1-15-5-7-17(8-6-15)33(30,31)28-12-10-18-20(19(24)13-25-21(18)28)26-16-9-11-27(14-16)22(29)32-23(2,3)4/h5-8,10,12-13,16H,9,11,14H2,1-4H3,(H,25,26). The van der Waals surface area contributed by atoms with E-state index in [-0.39, 0.29) is 22.7 Å². The number of aromatic nitrogens is 2. The van der Waals surface area contributed by atoms with E-state index < -0.39 is 15.6 Å². The highest BCUT2D eigenvalue weighted by Gasteiger charge is 2.31. The summed E-state index contributed by atoms with van der Waals surface area (Å²) >= 11 is 6.44. The number of benzene rings is 1. The minimum Gasteiger partial charge on any atom is -0.444 e. The molecule has 1 amide bonds. The molecule has 1 aliphatic rings. The maximum Gasteiger partial charge on any atom is 0.410 e. The van der Waals surface area contributed by atoms with Gasteiger partial charge in [0.25, 0.3) is 10.0 Å². The Morgan fingerprint density at radius 3 is 2.58 bits per heavy atom. The summed E-state index contributed by atoms with van der Waals surface area (Å²) in [4.78, 5) is 18.5. The molecule has 1 saturated heterocycles. The average Bonchev–Trinajstić information content (AvgIpc) is 3.37. The van der Waals surface area contributed by atoms with Crippen LogP contribution in [-0.4, -0.2) is 53.1 Å². The molecule has 1 atom stereocenters. The number of likely N-dealkylation sites (tertiary alicyclic amines) is 1. The lowest BCUT2D eigenvalue weighted by atomic mass is 10.2. The van der Waals surface area contributed by atoms with Crippen LogP contribution in [0.2, 0.25) is 5.02 Å². The number of ether oxygens (including phenoxy) is 1. The second-order valence-electron chi connectivity index (χ2n) is 9.20. The topological polar surface area (TPSA) is 93.5 Å². The normalized spacial score (nSPS) is 16.9. The molecule has 8 nitrogen and oxygen atoms in total. The zero-order valence-corrected chi connectivity index (χ0v) is 20.6. The fourth-order valence-electron chi connectivity index (χ4n) is 3.78. The van der Waals surface area contributed by atoms with Gasteiger partial charge in [0.2, 0.25) is 0 Å². The maximum atomic E-state index is 13.2. The molecule has 1 aromatic carbocycles. The van der Waals surface area contributed by atoms with Crippen molar-refractivity contribution in [2.24, 2.45) is 0 Å². The first-order valence-corrected chi connectivity index (χ1v) is 12.5. The van der Waals surface area contributed by atoms with Crippen LogP contribution < -0.4 is 5.32 Å². The van der Waals surface area contributed by atoms with Crippen LogP contribution in [0.3, 0.4) is 0 Å². The molecule has 176 valence electrons. The molecule has 33 heavy (non-hydrogen) atoms. The summed E-state index contributed by atoms with van der Waals surface area (Å²) in [5.74, 6) is 0. The predicted molar refractivity (Wildman–Crippen MR) is 128 cm³/mol. The van der Waals surface area contributed by atoms with Crippen LogP contribution in [0.1, 0.15) is 32.8 Å². The van der Waals surface area contributed by atoms with Gasteiger partial charge in [-0.15, -0.1) is 0 Å². The number of fused-ring (bicyclic) bond motifs is 1. The first-order valence-electron chi connectivity index (χ1n) is 10.7. The minimum atomic E-state index is -3.82. The van der Waals surface area contributed by atoms with Crippen molar-refractivity contribution in [2.45, 2.75) is 50.7 Å². The smallest absolute Gasteiger partial charge is 0.410 e. The molecule has 1 aliphatic heterocycles. The Morgan fingerprint density at radius 2 is 1.91 bits per heavy atom. The summed E-state index contributed by atoms with van der Waals surface area (Å²) in [6.45, 7) is 8.41. The predicted octanol–water partition coefficient (Wildman–Crippen LogP) is 4.66. The number of amides is 1. The van der Waals surface area contributed by atoms with Crippen LogP contribution in [0.25, 0.3) is 11.0 Å². The molecule has 0 bridgehead atoms. The Hall–Kier alpha value is -2.78. The number of hydrogen-bond acceptors (Lipinski definition) is 6. The van der Waals surface area contributed by atoms with Crippen molar-refractivity contribution in [1.82, 2.24) is 13.9 Å². The molecular weight excluding hydrogens is 464 g/mol. The van der Waals surface area contributed by atoms with Gasteiger partial charge < -0.3 is 15.0 Å². The van der Waals surface area contributed by atoms with E-state index in [1.54, 1.807) is 35.2 Å². The summed E-state index contributed by atoms with van der Waals surface area (Å²) in [6, 6.07) is 8.30. The van der Waals surface area contributed by atoms with E-state index in [9.17, 15) is 13.2 Å². The lowest BCUT2D eigenvalue weighted by molar-refractivity contribution is 0.0293. The number of nitrogens with one attached hydrogen (secondary N) is 1. The second-order valence-corrected chi connectivity index (χ2v) is 11.4. The largest absolute Gasteiger partial charge is 0.444 e. The Balaban J connectivity index is 1.60. The van der Waals surface area contributed by atoms with Crippen molar-refractivity contribution in [3.63, 3.8) is 0 Å². The molecule has 1 unspecified atom stereocenters. The number of aryl methyl sites for hydroxylation is 1. The quantitative estimate of drug-likeness (QED) is 0.571. The fraction of sp³-hybridized carbons (Fsp3) is 0.391. The minimum absolute atomic E-state index is 0.0577. The number of pyridine rings is 1. The van der Waals surface area contributed by atoms with E-state index in [0.29, 0.717) is 35.6 Å². The fourth-order valence-corrected chi connectivity index (χ4v) is 5.28. The summed E-state index contributed by atoms with van der Waals surface area (Å²) in [6.07, 6.45) is 3.28. The lowest BCUT2D eigenvalue weighted by Crippen LogP contribution is -2.36. The molecular formula is C23H27ClN4O4S. The van der Waals surface area contributed by atoms with Crippen LogP contribution in [0.15, 0.2) is 47.6 Å². The average molecular weight is 491 g/mol. The van der Waals surface area contributed by atoms with Crippen molar-refractivity contribution in [3.8, 4) is 0 Å². The Morgan fingerprint density at radius 1 is 1.21 bits per heavy atom. The second kappa shape index (κ2) is 8.53. The van der Waals surface area contributed by atoms with Crippen LogP contribution >= 0.6 is 11.6 Å². The van der Waals surface area contributed by atoms with Crippen molar-refractivity contribution in [3.05, 3.63) is 53.3 Å². The van der Waals surface area contributed by atoms with Gasteiger partial charge in [0.05, 0.1) is 21.8 Å². The molecule has 3 heterocycles. The van der Waals surface area contributed by atoms with Crippen LogP contribution in [0, 0.1) is 6.92 Å². The number of carbonyl (C=O) groups is 1. The third kappa shape index (κ3) is 4.79. The first kappa shape index (κ1) is 23.4. The van der Waals surface area contributed by atoms with E-state index >= 15 is 0 Å². The number of halogens is 1. The Kier molecular flexibility index (Phi) is 6.05. The monoisotopic (exact) mass is 490 g/mol. The SMILES string of the molecule is Cc1ccc(S(=O)(=O)n2ccc3c(NC4CCN(C(=O)OC(C)(C)C)C4)c(Cl)cnc32)cc1. The van der Waals surface area contributed by atoms with Gasteiger partial charge in [-0.2, -0.15) is 0 Å². The highest BCUT2D eigenvalue weighted by Crippen LogP contribution is 2.33. The van der Waals surface area contributed by atoms with E-state index in [1.165, 1.54) is 12.4 Å². The molecule has 4 rings (SSSR count). The zero-order valence-electron chi connectivity index (χ0n) is 19.0. The summed E-state index contributed by atoms with van der Waals surface area (Å²) in [5.41, 5.74) is 1.29. The molecule has 3 aromatic rings. The summed E-state index contributed by atoms with van der Waals surface area (Å²) in [7, 11) is -3.82. The number of carbonyl (C=O) groups excluding carboxylic acids is 1. The van der Waals surface area contributed by atoms with Gasteiger partial charge in [0, 0.05) is 30.7 Å². The van der Waals surface area contributed by atoms with Gasteiger partial charge in [-0.25, -0.2) is 22.2 Å². The number of rotatable bonds is 4. The molecule has 0 spiro atoms. The van der Waals surface area contributed by atoms with Gasteiger partial charge in [-0.1, -0.05) is 29.3 Å². The summed E-state index contributed by atoms with van der Waals surface area (Å²) < 4.78 is 33.0. The van der Waals surface area contributed by atoms with Crippen molar-refractivity contribution < 1.29 is 17.9 Å². The molecule has 0 radical (unpaired) electrons. The highest BCUT2D eigenvalue weighted by atomic mass is 35.5. The third-order valence-corrected chi connectivity index (χ3v) is 7.37. The third-order valence-electron chi connectivity index (χ3n) is 5.40. The van der Waals surface area contributed by atoms with Crippen molar-refractivity contribution in [1.29, 1.82) is 0 Å².